The molecule has 1 saturated heterocycles. The summed E-state index contributed by atoms with van der Waals surface area (Å²) in [5.41, 5.74) is 0. The van der Waals surface area contributed by atoms with Gasteiger partial charge in [-0.25, -0.2) is 0 Å². The molecule has 0 aromatic rings. The van der Waals surface area contributed by atoms with E-state index in [0.717, 1.165) is 6.42 Å². The van der Waals surface area contributed by atoms with Crippen molar-refractivity contribution in [2.75, 3.05) is 13.1 Å². The fourth-order valence-electron chi connectivity index (χ4n) is 1.39. The molecular formula is C8H14F3NO. The van der Waals surface area contributed by atoms with Crippen LogP contribution in [-0.2, 0) is 4.74 Å². The van der Waals surface area contributed by atoms with Gasteiger partial charge in [0.15, 0.2) is 6.10 Å². The third kappa shape index (κ3) is 3.15. The van der Waals surface area contributed by atoms with Crippen LogP contribution in [0.3, 0.4) is 0 Å². The first-order valence-corrected chi connectivity index (χ1v) is 4.47. The highest BCUT2D eigenvalue weighted by Gasteiger charge is 2.43. The Morgan fingerprint density at radius 3 is 2.62 bits per heavy atom. The Bertz CT molecular complexity index is 158. The number of ether oxygens (including phenoxy) is 1. The number of alkyl halides is 3. The lowest BCUT2D eigenvalue weighted by Crippen LogP contribution is -2.50. The van der Waals surface area contributed by atoms with Crippen molar-refractivity contribution >= 4 is 0 Å². The van der Waals surface area contributed by atoms with E-state index < -0.39 is 12.3 Å². The minimum Gasteiger partial charge on any atom is -0.363 e. The molecule has 1 aliphatic rings. The Morgan fingerprint density at radius 2 is 2.08 bits per heavy atom. The minimum absolute atomic E-state index is 0.121. The van der Waals surface area contributed by atoms with E-state index in [0.29, 0.717) is 13.0 Å². The van der Waals surface area contributed by atoms with Gasteiger partial charge in [0.25, 0.3) is 0 Å². The van der Waals surface area contributed by atoms with Crippen LogP contribution in [0.4, 0.5) is 13.2 Å². The van der Waals surface area contributed by atoms with Crippen molar-refractivity contribution < 1.29 is 17.9 Å². The molecule has 0 amide bonds. The van der Waals surface area contributed by atoms with Gasteiger partial charge in [0.2, 0.25) is 0 Å². The lowest BCUT2D eigenvalue weighted by molar-refractivity contribution is -0.239. The maximum absolute atomic E-state index is 12.2. The standard InChI is InChI=1S/C8H14F3NO/c1-2-3-6-4-12-5-7(13-6)8(9,10)11/h6-7,12H,2-5H2,1H3. The summed E-state index contributed by atoms with van der Waals surface area (Å²) in [7, 11) is 0. The van der Waals surface area contributed by atoms with Crippen LogP contribution in [0.2, 0.25) is 0 Å². The Balaban J connectivity index is 2.42. The highest BCUT2D eigenvalue weighted by molar-refractivity contribution is 4.79. The Morgan fingerprint density at radius 1 is 1.38 bits per heavy atom. The van der Waals surface area contributed by atoms with Crippen LogP contribution in [-0.4, -0.2) is 31.5 Å². The first kappa shape index (κ1) is 10.8. The Kier molecular flexibility index (Phi) is 3.55. The van der Waals surface area contributed by atoms with Crippen molar-refractivity contribution in [3.63, 3.8) is 0 Å². The molecule has 1 aliphatic heterocycles. The van der Waals surface area contributed by atoms with Gasteiger partial charge in [0.1, 0.15) is 0 Å². The van der Waals surface area contributed by atoms with Gasteiger partial charge in [0, 0.05) is 13.1 Å². The zero-order chi connectivity index (χ0) is 9.90. The maximum Gasteiger partial charge on any atom is 0.415 e. The largest absolute Gasteiger partial charge is 0.415 e. The molecule has 1 N–H and O–H groups in total. The second-order valence-corrected chi connectivity index (χ2v) is 3.24. The molecule has 2 nitrogen and oxygen atoms in total. The molecular weight excluding hydrogens is 183 g/mol. The summed E-state index contributed by atoms with van der Waals surface area (Å²) >= 11 is 0. The van der Waals surface area contributed by atoms with E-state index >= 15 is 0 Å². The van der Waals surface area contributed by atoms with Gasteiger partial charge >= 0.3 is 6.18 Å². The molecule has 78 valence electrons. The summed E-state index contributed by atoms with van der Waals surface area (Å²) in [5.74, 6) is 0. The van der Waals surface area contributed by atoms with Crippen molar-refractivity contribution in [1.29, 1.82) is 0 Å². The quantitative estimate of drug-likeness (QED) is 0.727. The van der Waals surface area contributed by atoms with Gasteiger partial charge in [-0.3, -0.25) is 0 Å². The number of halogens is 3. The first-order chi connectivity index (χ1) is 6.04. The van der Waals surface area contributed by atoms with E-state index in [1.807, 2.05) is 6.92 Å². The number of morpholine rings is 1. The van der Waals surface area contributed by atoms with Crippen molar-refractivity contribution in [1.82, 2.24) is 5.32 Å². The van der Waals surface area contributed by atoms with E-state index in [4.69, 9.17) is 4.74 Å². The first-order valence-electron chi connectivity index (χ1n) is 4.47. The van der Waals surface area contributed by atoms with E-state index in [1.54, 1.807) is 0 Å². The number of nitrogens with one attached hydrogen (secondary N) is 1. The van der Waals surface area contributed by atoms with Crippen LogP contribution in [0.25, 0.3) is 0 Å². The molecule has 0 aromatic carbocycles. The smallest absolute Gasteiger partial charge is 0.363 e. The molecule has 0 spiro atoms. The minimum atomic E-state index is -4.24. The van der Waals surface area contributed by atoms with Crippen LogP contribution >= 0.6 is 0 Å². The molecule has 1 rings (SSSR count). The number of hydrogen-bond acceptors (Lipinski definition) is 2. The lowest BCUT2D eigenvalue weighted by atomic mass is 10.1. The molecule has 0 saturated carbocycles. The van der Waals surface area contributed by atoms with Crippen molar-refractivity contribution in [3.8, 4) is 0 Å². The average Bonchev–Trinajstić information content (AvgIpc) is 2.04. The van der Waals surface area contributed by atoms with Crippen molar-refractivity contribution in [3.05, 3.63) is 0 Å². The molecule has 2 unspecified atom stereocenters. The lowest BCUT2D eigenvalue weighted by Gasteiger charge is -2.31. The van der Waals surface area contributed by atoms with Gasteiger partial charge in [-0.1, -0.05) is 13.3 Å². The molecule has 2 atom stereocenters. The second-order valence-electron chi connectivity index (χ2n) is 3.24. The van der Waals surface area contributed by atoms with E-state index in [2.05, 4.69) is 5.32 Å². The van der Waals surface area contributed by atoms with Crippen LogP contribution in [0.1, 0.15) is 19.8 Å². The van der Waals surface area contributed by atoms with Gasteiger partial charge < -0.3 is 10.1 Å². The van der Waals surface area contributed by atoms with E-state index in [1.165, 1.54) is 0 Å². The highest BCUT2D eigenvalue weighted by Crippen LogP contribution is 2.25. The van der Waals surface area contributed by atoms with E-state index in [-0.39, 0.29) is 12.6 Å². The zero-order valence-electron chi connectivity index (χ0n) is 7.53. The normalized spacial score (nSPS) is 30.5. The van der Waals surface area contributed by atoms with Crippen molar-refractivity contribution in [2.45, 2.75) is 38.1 Å². The molecule has 5 heteroatoms. The molecule has 0 radical (unpaired) electrons. The second kappa shape index (κ2) is 4.28. The molecule has 13 heavy (non-hydrogen) atoms. The predicted molar refractivity (Wildman–Crippen MR) is 42.5 cm³/mol. The fourth-order valence-corrected chi connectivity index (χ4v) is 1.39. The third-order valence-corrected chi connectivity index (χ3v) is 2.03. The summed E-state index contributed by atoms with van der Waals surface area (Å²) in [6.07, 6.45) is -4.63. The molecule has 0 aromatic heterocycles. The molecule has 0 bridgehead atoms. The van der Waals surface area contributed by atoms with Gasteiger partial charge in [-0.15, -0.1) is 0 Å². The van der Waals surface area contributed by atoms with E-state index in [9.17, 15) is 13.2 Å². The van der Waals surface area contributed by atoms with Crippen LogP contribution < -0.4 is 5.32 Å². The third-order valence-electron chi connectivity index (χ3n) is 2.03. The maximum atomic E-state index is 12.2. The van der Waals surface area contributed by atoms with Gasteiger partial charge in [-0.2, -0.15) is 13.2 Å². The zero-order valence-corrected chi connectivity index (χ0v) is 7.53. The molecule has 1 heterocycles. The van der Waals surface area contributed by atoms with Crippen LogP contribution in [0, 0.1) is 0 Å². The Labute approximate surface area is 75.4 Å². The topological polar surface area (TPSA) is 21.3 Å². The summed E-state index contributed by atoms with van der Waals surface area (Å²) in [5, 5.41) is 2.73. The average molecular weight is 197 g/mol. The highest BCUT2D eigenvalue weighted by atomic mass is 19.4. The van der Waals surface area contributed by atoms with Crippen molar-refractivity contribution in [2.24, 2.45) is 0 Å². The summed E-state index contributed by atoms with van der Waals surface area (Å²) in [6.45, 7) is 2.34. The molecule has 0 aliphatic carbocycles. The predicted octanol–water partition coefficient (Wildman–Crippen LogP) is 1.71. The summed E-state index contributed by atoms with van der Waals surface area (Å²) in [4.78, 5) is 0. The fraction of sp³-hybridized carbons (Fsp3) is 1.00. The van der Waals surface area contributed by atoms with Crippen LogP contribution in [0.5, 0.6) is 0 Å². The van der Waals surface area contributed by atoms with Gasteiger partial charge in [0.05, 0.1) is 6.10 Å². The monoisotopic (exact) mass is 197 g/mol. The van der Waals surface area contributed by atoms with Crippen LogP contribution in [0.15, 0.2) is 0 Å². The summed E-state index contributed by atoms with van der Waals surface area (Å²) < 4.78 is 41.5. The molecule has 1 fully saturated rings. The number of hydrogen-bond donors (Lipinski definition) is 1. The SMILES string of the molecule is CCCC1CNCC(C(F)(F)F)O1. The number of rotatable bonds is 2. The Hall–Kier alpha value is -0.290. The van der Waals surface area contributed by atoms with Gasteiger partial charge in [-0.05, 0) is 6.42 Å². The summed E-state index contributed by atoms with van der Waals surface area (Å²) in [6, 6.07) is 0.